The van der Waals surface area contributed by atoms with Crippen molar-refractivity contribution in [3.05, 3.63) is 30.1 Å². The molecule has 170 valence electrons. The van der Waals surface area contributed by atoms with Crippen molar-refractivity contribution in [1.82, 2.24) is 20.6 Å². The van der Waals surface area contributed by atoms with Crippen LogP contribution in [0.15, 0.2) is 24.5 Å². The number of rotatable bonds is 4. The Hall–Kier alpha value is -3.04. The maximum absolute atomic E-state index is 14.5. The molecular formula is C20H20F4N6O2. The molecule has 2 aromatic rings. The average Bonchev–Trinajstić information content (AvgIpc) is 3.22. The Kier molecular flexibility index (Phi) is 5.87. The van der Waals surface area contributed by atoms with E-state index in [0.717, 1.165) is 0 Å². The van der Waals surface area contributed by atoms with Crippen LogP contribution in [0.2, 0.25) is 0 Å². The van der Waals surface area contributed by atoms with E-state index in [0.29, 0.717) is 12.2 Å². The minimum absolute atomic E-state index is 0.0615. The molecule has 8 nitrogen and oxygen atoms in total. The number of morpholine rings is 1. The van der Waals surface area contributed by atoms with Crippen molar-refractivity contribution in [3.8, 4) is 6.07 Å². The number of benzene rings is 1. The summed E-state index contributed by atoms with van der Waals surface area (Å²) >= 11 is 0. The first-order chi connectivity index (χ1) is 15.2. The van der Waals surface area contributed by atoms with Crippen LogP contribution >= 0.6 is 0 Å². The number of carbonyl (C=O) groups is 1. The lowest BCUT2D eigenvalue weighted by Gasteiger charge is -2.39. The number of hydrogen-bond donors (Lipinski definition) is 2. The molecule has 0 aliphatic carbocycles. The molecule has 1 aromatic carbocycles. The summed E-state index contributed by atoms with van der Waals surface area (Å²) in [7, 11) is 0. The van der Waals surface area contributed by atoms with Gasteiger partial charge in [0.25, 0.3) is 5.91 Å². The van der Waals surface area contributed by atoms with E-state index in [1.165, 1.54) is 29.4 Å². The predicted molar refractivity (Wildman–Crippen MR) is 106 cm³/mol. The average molecular weight is 452 g/mol. The number of carbonyl (C=O) groups excluding carboxylic acids is 1. The van der Waals surface area contributed by atoms with E-state index in [4.69, 9.17) is 4.74 Å². The highest BCUT2D eigenvalue weighted by atomic mass is 19.4. The number of ether oxygens (including phenoxy) is 1. The van der Waals surface area contributed by atoms with Crippen LogP contribution in [0.25, 0.3) is 11.0 Å². The summed E-state index contributed by atoms with van der Waals surface area (Å²) in [5.41, 5.74) is -0.633. The largest absolute Gasteiger partial charge is 0.416 e. The van der Waals surface area contributed by atoms with Crippen LogP contribution < -0.4 is 15.5 Å². The third-order valence-corrected chi connectivity index (χ3v) is 5.59. The minimum atomic E-state index is -4.72. The van der Waals surface area contributed by atoms with E-state index >= 15 is 0 Å². The zero-order chi connectivity index (χ0) is 22.9. The van der Waals surface area contributed by atoms with E-state index in [1.54, 1.807) is 0 Å². The monoisotopic (exact) mass is 452 g/mol. The Labute approximate surface area is 180 Å². The molecule has 1 aromatic heterocycles. The van der Waals surface area contributed by atoms with Gasteiger partial charge in [-0.3, -0.25) is 14.8 Å². The van der Waals surface area contributed by atoms with Crippen LogP contribution in [-0.4, -0.2) is 72.7 Å². The van der Waals surface area contributed by atoms with Crippen molar-refractivity contribution in [2.75, 3.05) is 37.6 Å². The first-order valence-corrected chi connectivity index (χ1v) is 9.98. The minimum Gasteiger partial charge on any atom is -0.364 e. The van der Waals surface area contributed by atoms with Gasteiger partial charge in [-0.15, -0.1) is 0 Å². The molecule has 2 fully saturated rings. The van der Waals surface area contributed by atoms with Gasteiger partial charge in [-0.05, 0) is 25.1 Å². The fourth-order valence-corrected chi connectivity index (χ4v) is 3.89. The maximum Gasteiger partial charge on any atom is 0.416 e. The number of nitrogens with one attached hydrogen (secondary N) is 2. The summed E-state index contributed by atoms with van der Waals surface area (Å²) in [4.78, 5) is 22.3. The number of alkyl halides is 4. The lowest BCUT2D eigenvalue weighted by atomic mass is 10.1. The number of halogens is 4. The number of fused-ring (bicyclic) bond motifs is 1. The molecule has 0 bridgehead atoms. The fraction of sp³-hybridized carbons (Fsp3) is 0.500. The molecule has 3 atom stereocenters. The summed E-state index contributed by atoms with van der Waals surface area (Å²) < 4.78 is 60.3. The van der Waals surface area contributed by atoms with Crippen LogP contribution in [-0.2, 0) is 9.53 Å². The Morgan fingerprint density at radius 3 is 2.72 bits per heavy atom. The molecule has 4 rings (SSSR count). The summed E-state index contributed by atoms with van der Waals surface area (Å²) in [5, 5.41) is 14.5. The van der Waals surface area contributed by atoms with Crippen molar-refractivity contribution in [1.29, 1.82) is 5.26 Å². The maximum atomic E-state index is 14.5. The van der Waals surface area contributed by atoms with Crippen molar-refractivity contribution in [2.24, 2.45) is 0 Å². The molecule has 2 aliphatic heterocycles. The lowest BCUT2D eigenvalue weighted by molar-refractivity contribution is -0.234. The molecule has 0 radical (unpaired) electrons. The van der Waals surface area contributed by atoms with Crippen LogP contribution in [0.4, 0.5) is 23.2 Å². The fourth-order valence-electron chi connectivity index (χ4n) is 3.89. The van der Waals surface area contributed by atoms with Gasteiger partial charge in [0.15, 0.2) is 12.2 Å². The molecule has 0 unspecified atom stereocenters. The van der Waals surface area contributed by atoms with Gasteiger partial charge in [0.05, 0.1) is 30.9 Å². The Balaban J connectivity index is 1.61. The third kappa shape index (κ3) is 4.44. The molecular weight excluding hydrogens is 432 g/mol. The van der Waals surface area contributed by atoms with Gasteiger partial charge in [-0.25, -0.2) is 4.39 Å². The first kappa shape index (κ1) is 22.2. The topological polar surface area (TPSA) is 103 Å². The summed E-state index contributed by atoms with van der Waals surface area (Å²) in [6.45, 7) is -0.564. The predicted octanol–water partition coefficient (Wildman–Crippen LogP) is 1.46. The molecule has 2 saturated heterocycles. The number of aromatic nitrogens is 2. The van der Waals surface area contributed by atoms with E-state index < -0.39 is 36.5 Å². The number of anilines is 1. The van der Waals surface area contributed by atoms with Crippen molar-refractivity contribution >= 4 is 22.6 Å². The van der Waals surface area contributed by atoms with Crippen molar-refractivity contribution < 1.29 is 27.1 Å². The van der Waals surface area contributed by atoms with E-state index in [2.05, 4.69) is 20.6 Å². The smallest absolute Gasteiger partial charge is 0.364 e. The Morgan fingerprint density at radius 2 is 2.06 bits per heavy atom. The van der Waals surface area contributed by atoms with Gasteiger partial charge >= 0.3 is 6.18 Å². The molecule has 1 amide bonds. The number of amides is 1. The van der Waals surface area contributed by atoms with Crippen molar-refractivity contribution in [3.63, 3.8) is 0 Å². The summed E-state index contributed by atoms with van der Waals surface area (Å²) in [5.74, 6) is -0.822. The number of nitrogens with zero attached hydrogens (tertiary/aromatic N) is 4. The van der Waals surface area contributed by atoms with Crippen LogP contribution in [0.3, 0.4) is 0 Å². The van der Waals surface area contributed by atoms with E-state index in [9.17, 15) is 27.6 Å². The first-order valence-electron chi connectivity index (χ1n) is 9.98. The molecule has 0 saturated carbocycles. The molecule has 12 heteroatoms. The highest BCUT2D eigenvalue weighted by Crippen LogP contribution is 2.33. The highest BCUT2D eigenvalue weighted by Gasteiger charge is 2.48. The van der Waals surface area contributed by atoms with Crippen molar-refractivity contribution in [2.45, 2.75) is 30.5 Å². The van der Waals surface area contributed by atoms with Gasteiger partial charge in [0.1, 0.15) is 22.8 Å². The standard InChI is InChI=1S/C20H20F4N6O2/c21-19(3-4-26-10-19)11-29-18(31)14-8-30(9-15(32-14)20(22,23)24)13-2-1-12(7-25)16-17(13)28-6-5-27-16/h1-2,5-6,14-15,26H,3-4,8-11H2,(H,29,31)/t14-,15+,19+/m0/s1. The summed E-state index contributed by atoms with van der Waals surface area (Å²) in [6.07, 6.45) is -5.48. The zero-order valence-corrected chi connectivity index (χ0v) is 16.8. The van der Waals surface area contributed by atoms with Gasteiger partial charge in [0, 0.05) is 18.9 Å². The second-order valence-corrected chi connectivity index (χ2v) is 7.85. The lowest BCUT2D eigenvalue weighted by Crippen LogP contribution is -2.58. The molecule has 3 heterocycles. The van der Waals surface area contributed by atoms with Gasteiger partial charge in [-0.2, -0.15) is 18.4 Å². The molecule has 0 spiro atoms. The van der Waals surface area contributed by atoms with Gasteiger partial charge < -0.3 is 20.3 Å². The second-order valence-electron chi connectivity index (χ2n) is 7.85. The van der Waals surface area contributed by atoms with Crippen LogP contribution in [0.5, 0.6) is 0 Å². The Morgan fingerprint density at radius 1 is 1.31 bits per heavy atom. The third-order valence-electron chi connectivity index (χ3n) is 5.59. The van der Waals surface area contributed by atoms with Gasteiger partial charge in [0.2, 0.25) is 0 Å². The summed E-state index contributed by atoms with van der Waals surface area (Å²) in [6, 6.07) is 4.90. The van der Waals surface area contributed by atoms with Crippen LogP contribution in [0, 0.1) is 11.3 Å². The molecule has 2 N–H and O–H groups in total. The highest BCUT2D eigenvalue weighted by molar-refractivity contribution is 5.92. The quantitative estimate of drug-likeness (QED) is 0.677. The molecule has 2 aliphatic rings. The number of hydrogen-bond acceptors (Lipinski definition) is 7. The Bertz CT molecular complexity index is 1050. The SMILES string of the molecule is N#Cc1ccc(N2C[C@@H](C(=O)NC[C@@]3(F)CCNC3)O[C@@H](C(F)(F)F)C2)c2nccnc12. The van der Waals surface area contributed by atoms with E-state index in [-0.39, 0.29) is 42.7 Å². The normalized spacial score (nSPS) is 26.2. The van der Waals surface area contributed by atoms with Gasteiger partial charge in [-0.1, -0.05) is 0 Å². The number of nitriles is 1. The van der Waals surface area contributed by atoms with Crippen LogP contribution in [0.1, 0.15) is 12.0 Å². The molecule has 32 heavy (non-hydrogen) atoms. The zero-order valence-electron chi connectivity index (χ0n) is 16.8. The van der Waals surface area contributed by atoms with E-state index in [1.807, 2.05) is 6.07 Å². The second kappa shape index (κ2) is 8.48.